The standard InChI is InChI=1S/C30H30ClF4N3O5S/c1-18-12-24(44(41,42)36-10-9-23-4-3-11-38(23)2)6-7-26(18)37-28(39)17-43-27-8-5-21(31)16-25(27)29(40)19-13-20(30(33,34)35)15-22(32)14-19/h5-8,12-16,23,36H,3-4,9-11,17H2,1-2H3,(H,37,39). The molecule has 1 aliphatic rings. The maximum absolute atomic E-state index is 13.9. The first kappa shape index (κ1) is 33.4. The molecule has 3 aromatic carbocycles. The molecular weight excluding hydrogens is 626 g/mol. The quantitative estimate of drug-likeness (QED) is 0.199. The molecule has 0 saturated carbocycles. The van der Waals surface area contributed by atoms with Gasteiger partial charge in [-0.05, 0) is 99.9 Å². The van der Waals surface area contributed by atoms with E-state index in [-0.39, 0.29) is 27.3 Å². The van der Waals surface area contributed by atoms with Crippen molar-refractivity contribution in [2.45, 2.75) is 43.3 Å². The summed E-state index contributed by atoms with van der Waals surface area (Å²) in [5.74, 6) is -3.08. The molecule has 1 heterocycles. The van der Waals surface area contributed by atoms with Gasteiger partial charge in [-0.1, -0.05) is 11.6 Å². The van der Waals surface area contributed by atoms with Crippen LogP contribution in [0.15, 0.2) is 59.5 Å². The van der Waals surface area contributed by atoms with Crippen LogP contribution in [0.2, 0.25) is 5.02 Å². The minimum atomic E-state index is -4.88. The molecule has 1 aliphatic heterocycles. The topological polar surface area (TPSA) is 105 Å². The van der Waals surface area contributed by atoms with Gasteiger partial charge in [0.05, 0.1) is 16.0 Å². The van der Waals surface area contributed by atoms with Gasteiger partial charge in [0.25, 0.3) is 5.91 Å². The second-order valence-corrected chi connectivity index (χ2v) is 12.7. The van der Waals surface area contributed by atoms with Crippen LogP contribution in [0, 0.1) is 12.7 Å². The summed E-state index contributed by atoms with van der Waals surface area (Å²) < 4.78 is 87.1. The van der Waals surface area contributed by atoms with Gasteiger partial charge in [-0.25, -0.2) is 17.5 Å². The lowest BCUT2D eigenvalue weighted by Crippen LogP contribution is -2.31. The van der Waals surface area contributed by atoms with E-state index in [2.05, 4.69) is 14.9 Å². The molecule has 0 aliphatic carbocycles. The Bertz CT molecular complexity index is 1670. The fourth-order valence-corrected chi connectivity index (χ4v) is 6.21. The van der Waals surface area contributed by atoms with Crippen LogP contribution in [-0.2, 0) is 21.0 Å². The Balaban J connectivity index is 1.41. The first-order valence-electron chi connectivity index (χ1n) is 13.6. The van der Waals surface area contributed by atoms with Gasteiger partial charge in [0, 0.05) is 28.9 Å². The van der Waals surface area contributed by atoms with Gasteiger partial charge >= 0.3 is 6.18 Å². The number of carbonyl (C=O) groups is 2. The number of alkyl halides is 3. The Kier molecular flexibility index (Phi) is 10.3. The van der Waals surface area contributed by atoms with Crippen LogP contribution in [0.25, 0.3) is 0 Å². The Morgan fingerprint density at radius 1 is 1.09 bits per heavy atom. The molecule has 1 saturated heterocycles. The summed E-state index contributed by atoms with van der Waals surface area (Å²) in [6.07, 6.45) is -2.07. The van der Waals surface area contributed by atoms with Gasteiger partial charge in [-0.2, -0.15) is 13.2 Å². The predicted molar refractivity (Wildman–Crippen MR) is 157 cm³/mol. The van der Waals surface area contributed by atoms with Crippen molar-refractivity contribution in [1.29, 1.82) is 0 Å². The molecule has 8 nitrogen and oxygen atoms in total. The van der Waals surface area contributed by atoms with Crippen LogP contribution >= 0.6 is 11.6 Å². The highest BCUT2D eigenvalue weighted by Crippen LogP contribution is 2.32. The van der Waals surface area contributed by atoms with Crippen molar-refractivity contribution in [3.63, 3.8) is 0 Å². The number of benzene rings is 3. The molecular formula is C30H30ClF4N3O5S. The van der Waals surface area contributed by atoms with E-state index >= 15 is 0 Å². The summed E-state index contributed by atoms with van der Waals surface area (Å²) in [5.41, 5.74) is -1.42. The van der Waals surface area contributed by atoms with Crippen molar-refractivity contribution >= 4 is 39.0 Å². The summed E-state index contributed by atoms with van der Waals surface area (Å²) in [5, 5.41) is 2.66. The smallest absolute Gasteiger partial charge is 0.416 e. The third-order valence-electron chi connectivity index (χ3n) is 7.26. The molecule has 1 atom stereocenters. The molecule has 0 aromatic heterocycles. The molecule has 4 rings (SSSR count). The lowest BCUT2D eigenvalue weighted by atomic mass is 10.00. The molecule has 0 spiro atoms. The molecule has 3 aromatic rings. The minimum Gasteiger partial charge on any atom is -0.483 e. The van der Waals surface area contributed by atoms with Crippen LogP contribution in [0.5, 0.6) is 5.75 Å². The molecule has 0 radical (unpaired) electrons. The Labute approximate surface area is 257 Å². The van der Waals surface area contributed by atoms with Crippen molar-refractivity contribution < 1.29 is 40.3 Å². The molecule has 44 heavy (non-hydrogen) atoms. The van der Waals surface area contributed by atoms with Crippen molar-refractivity contribution in [3.05, 3.63) is 87.7 Å². The van der Waals surface area contributed by atoms with Crippen LogP contribution < -0.4 is 14.8 Å². The zero-order valence-electron chi connectivity index (χ0n) is 23.8. The highest BCUT2D eigenvalue weighted by Gasteiger charge is 2.32. The van der Waals surface area contributed by atoms with Gasteiger partial charge in [-0.3, -0.25) is 9.59 Å². The van der Waals surface area contributed by atoms with Gasteiger partial charge in [-0.15, -0.1) is 0 Å². The Morgan fingerprint density at radius 2 is 1.84 bits per heavy atom. The summed E-state index contributed by atoms with van der Waals surface area (Å²) >= 11 is 5.99. The number of ether oxygens (including phenoxy) is 1. The van der Waals surface area contributed by atoms with Crippen LogP contribution in [0.1, 0.15) is 46.3 Å². The fourth-order valence-electron chi connectivity index (χ4n) is 4.91. The number of nitrogens with one attached hydrogen (secondary N) is 2. The number of sulfonamides is 1. The molecule has 236 valence electrons. The van der Waals surface area contributed by atoms with Crippen LogP contribution in [-0.4, -0.2) is 57.8 Å². The van der Waals surface area contributed by atoms with Gasteiger partial charge in [0.15, 0.2) is 12.4 Å². The molecule has 1 amide bonds. The second kappa shape index (κ2) is 13.6. The number of hydrogen-bond donors (Lipinski definition) is 2. The van der Waals surface area contributed by atoms with E-state index in [1.54, 1.807) is 6.92 Å². The molecule has 1 unspecified atom stereocenters. The monoisotopic (exact) mass is 655 g/mol. The normalized spacial score (nSPS) is 15.8. The number of anilines is 1. The molecule has 2 N–H and O–H groups in total. The number of ketones is 1. The van der Waals surface area contributed by atoms with Crippen molar-refractivity contribution in [3.8, 4) is 5.75 Å². The second-order valence-electron chi connectivity index (χ2n) is 10.5. The van der Waals surface area contributed by atoms with E-state index < -0.39 is 51.4 Å². The van der Waals surface area contributed by atoms with E-state index in [1.165, 1.54) is 30.3 Å². The van der Waals surface area contributed by atoms with E-state index in [4.69, 9.17) is 16.3 Å². The van der Waals surface area contributed by atoms with Crippen molar-refractivity contribution in [1.82, 2.24) is 9.62 Å². The number of aryl methyl sites for hydroxylation is 1. The lowest BCUT2D eigenvalue weighted by molar-refractivity contribution is -0.137. The zero-order valence-corrected chi connectivity index (χ0v) is 25.4. The summed E-state index contributed by atoms with van der Waals surface area (Å²) in [6.45, 7) is 2.29. The summed E-state index contributed by atoms with van der Waals surface area (Å²) in [7, 11) is -1.75. The summed E-state index contributed by atoms with van der Waals surface area (Å²) in [6, 6.07) is 9.74. The van der Waals surface area contributed by atoms with Crippen molar-refractivity contribution in [2.75, 3.05) is 32.1 Å². The van der Waals surface area contributed by atoms with Gasteiger partial charge in [0.2, 0.25) is 10.0 Å². The molecule has 14 heteroatoms. The number of nitrogens with zero attached hydrogens (tertiary/aromatic N) is 1. The number of rotatable bonds is 11. The maximum Gasteiger partial charge on any atom is 0.416 e. The highest BCUT2D eigenvalue weighted by atomic mass is 35.5. The third kappa shape index (κ3) is 8.35. The number of halogens is 5. The van der Waals surface area contributed by atoms with Crippen molar-refractivity contribution in [2.24, 2.45) is 0 Å². The number of hydrogen-bond acceptors (Lipinski definition) is 6. The van der Waals surface area contributed by atoms with E-state index in [0.717, 1.165) is 25.5 Å². The Hall–Kier alpha value is -3.52. The summed E-state index contributed by atoms with van der Waals surface area (Å²) in [4.78, 5) is 28.0. The van der Waals surface area contributed by atoms with E-state index in [0.29, 0.717) is 42.4 Å². The number of amides is 1. The highest BCUT2D eigenvalue weighted by molar-refractivity contribution is 7.89. The third-order valence-corrected chi connectivity index (χ3v) is 8.95. The predicted octanol–water partition coefficient (Wildman–Crippen LogP) is 5.82. The largest absolute Gasteiger partial charge is 0.483 e. The number of likely N-dealkylation sites (tertiary alicyclic amines) is 1. The lowest BCUT2D eigenvalue weighted by Gasteiger charge is -2.19. The Morgan fingerprint density at radius 3 is 2.50 bits per heavy atom. The maximum atomic E-state index is 13.9. The SMILES string of the molecule is Cc1cc(S(=O)(=O)NCCC2CCCN2C)ccc1NC(=O)COc1ccc(Cl)cc1C(=O)c1cc(F)cc(C(F)(F)F)c1. The average molecular weight is 656 g/mol. The zero-order chi connectivity index (χ0) is 32.2. The van der Waals surface area contributed by atoms with E-state index in [1.807, 2.05) is 7.05 Å². The van der Waals surface area contributed by atoms with Gasteiger partial charge in [0.1, 0.15) is 11.6 Å². The average Bonchev–Trinajstić information content (AvgIpc) is 3.36. The minimum absolute atomic E-state index is 0.0411. The molecule has 1 fully saturated rings. The van der Waals surface area contributed by atoms with Gasteiger partial charge < -0.3 is 15.0 Å². The fraction of sp³-hybridized carbons (Fsp3) is 0.333. The van der Waals surface area contributed by atoms with Crippen LogP contribution in [0.3, 0.4) is 0 Å². The number of carbonyl (C=O) groups excluding carboxylic acids is 2. The van der Waals surface area contributed by atoms with E-state index in [9.17, 15) is 35.6 Å². The van der Waals surface area contributed by atoms with Crippen LogP contribution in [0.4, 0.5) is 23.2 Å². The first-order chi connectivity index (χ1) is 20.6. The molecule has 0 bridgehead atoms. The first-order valence-corrected chi connectivity index (χ1v) is 15.5.